The lowest BCUT2D eigenvalue weighted by atomic mass is 10.2. The second-order valence-electron chi connectivity index (χ2n) is 5.16. The monoisotopic (exact) mass is 308 g/mol. The molecule has 0 spiro atoms. The molecule has 1 aromatic carbocycles. The highest BCUT2D eigenvalue weighted by molar-refractivity contribution is 9.10. The van der Waals surface area contributed by atoms with Crippen LogP contribution < -0.4 is 10.2 Å². The van der Waals surface area contributed by atoms with Gasteiger partial charge >= 0.3 is 0 Å². The van der Waals surface area contributed by atoms with Crippen molar-refractivity contribution in [2.45, 2.75) is 30.0 Å². The van der Waals surface area contributed by atoms with Crippen molar-refractivity contribution in [2.75, 3.05) is 23.3 Å². The second kappa shape index (κ2) is 4.57. The summed E-state index contributed by atoms with van der Waals surface area (Å²) in [5, 5.41) is 3.00. The van der Waals surface area contributed by atoms with Crippen LogP contribution in [0.5, 0.6) is 0 Å². The van der Waals surface area contributed by atoms with Gasteiger partial charge in [-0.3, -0.25) is 4.79 Å². The highest BCUT2D eigenvalue weighted by Crippen LogP contribution is 2.45. The number of benzene rings is 1. The predicted molar refractivity (Wildman–Crippen MR) is 77.4 cm³/mol. The lowest BCUT2D eigenvalue weighted by Gasteiger charge is -2.18. The molecule has 2 fully saturated rings. The Balaban J connectivity index is 1.72. The average Bonchev–Trinajstić information content (AvgIpc) is 2.93. The van der Waals surface area contributed by atoms with E-state index in [1.54, 1.807) is 0 Å². The van der Waals surface area contributed by atoms with Crippen molar-refractivity contribution >= 4 is 33.2 Å². The Labute approximate surface area is 116 Å². The molecule has 1 saturated carbocycles. The minimum Gasteiger partial charge on any atom is -0.371 e. The molecule has 1 aromatic rings. The number of anilines is 2. The smallest absolute Gasteiger partial charge is 0.241 e. The fourth-order valence-corrected chi connectivity index (χ4v) is 2.63. The van der Waals surface area contributed by atoms with Crippen molar-refractivity contribution in [1.82, 2.24) is 0 Å². The van der Waals surface area contributed by atoms with Gasteiger partial charge in [0, 0.05) is 24.5 Å². The van der Waals surface area contributed by atoms with E-state index in [0.717, 1.165) is 31.6 Å². The average molecular weight is 309 g/mol. The van der Waals surface area contributed by atoms with Gasteiger partial charge in [-0.05, 0) is 43.9 Å². The molecule has 0 radical (unpaired) electrons. The summed E-state index contributed by atoms with van der Waals surface area (Å²) in [5.74, 6) is 0.0843. The van der Waals surface area contributed by atoms with E-state index in [-0.39, 0.29) is 10.2 Å². The summed E-state index contributed by atoms with van der Waals surface area (Å²) in [6, 6.07) is 8.15. The van der Waals surface area contributed by atoms with Crippen LogP contribution in [0.2, 0.25) is 0 Å². The highest BCUT2D eigenvalue weighted by Gasteiger charge is 2.47. The number of carbonyl (C=O) groups excluding carboxylic acids is 1. The van der Waals surface area contributed by atoms with E-state index in [1.165, 1.54) is 18.5 Å². The third-order valence-corrected chi connectivity index (χ3v) is 4.82. The van der Waals surface area contributed by atoms with Gasteiger partial charge in [0.25, 0.3) is 0 Å². The summed E-state index contributed by atoms with van der Waals surface area (Å²) < 4.78 is -0.295. The molecule has 1 aliphatic carbocycles. The SMILES string of the molecule is O=C(Nc1cccc(N2CCCC2)c1)C1(Br)CC1. The van der Waals surface area contributed by atoms with Gasteiger partial charge in [0.15, 0.2) is 0 Å². The summed E-state index contributed by atoms with van der Waals surface area (Å²) >= 11 is 3.47. The van der Waals surface area contributed by atoms with Gasteiger partial charge in [-0.15, -0.1) is 0 Å². The zero-order valence-corrected chi connectivity index (χ0v) is 11.9. The number of nitrogens with zero attached hydrogens (tertiary/aromatic N) is 1. The molecular weight excluding hydrogens is 292 g/mol. The Hall–Kier alpha value is -1.03. The zero-order chi connectivity index (χ0) is 12.6. The lowest BCUT2D eigenvalue weighted by molar-refractivity contribution is -0.116. The number of alkyl halides is 1. The minimum absolute atomic E-state index is 0.0843. The molecule has 2 aliphatic rings. The van der Waals surface area contributed by atoms with Gasteiger partial charge in [0.2, 0.25) is 5.91 Å². The van der Waals surface area contributed by atoms with Gasteiger partial charge in [0.1, 0.15) is 4.32 Å². The maximum atomic E-state index is 12.0. The lowest BCUT2D eigenvalue weighted by Crippen LogP contribution is -2.24. The van der Waals surface area contributed by atoms with Crippen LogP contribution in [0.15, 0.2) is 24.3 Å². The fourth-order valence-electron chi connectivity index (χ4n) is 2.34. The number of halogens is 1. The Kier molecular flexibility index (Phi) is 3.06. The van der Waals surface area contributed by atoms with Crippen LogP contribution in [0.1, 0.15) is 25.7 Å². The maximum Gasteiger partial charge on any atom is 0.241 e. The first-order valence-corrected chi connectivity index (χ1v) is 7.32. The largest absolute Gasteiger partial charge is 0.371 e. The molecule has 0 aromatic heterocycles. The molecule has 0 unspecified atom stereocenters. The van der Waals surface area contributed by atoms with Crippen LogP contribution in [0.25, 0.3) is 0 Å². The number of hydrogen-bond acceptors (Lipinski definition) is 2. The minimum atomic E-state index is -0.295. The van der Waals surface area contributed by atoms with E-state index in [1.807, 2.05) is 12.1 Å². The van der Waals surface area contributed by atoms with Crippen molar-refractivity contribution in [1.29, 1.82) is 0 Å². The Morgan fingerprint density at radius 1 is 1.28 bits per heavy atom. The molecule has 3 rings (SSSR count). The van der Waals surface area contributed by atoms with E-state index in [9.17, 15) is 4.79 Å². The Bertz CT molecular complexity index is 465. The van der Waals surface area contributed by atoms with Gasteiger partial charge in [-0.25, -0.2) is 0 Å². The van der Waals surface area contributed by atoms with Crippen LogP contribution in [0.4, 0.5) is 11.4 Å². The molecule has 1 heterocycles. The summed E-state index contributed by atoms with van der Waals surface area (Å²) in [6.45, 7) is 2.25. The molecule has 0 bridgehead atoms. The van der Waals surface area contributed by atoms with E-state index < -0.39 is 0 Å². The molecule has 1 amide bonds. The zero-order valence-electron chi connectivity index (χ0n) is 10.3. The first-order chi connectivity index (χ1) is 8.67. The topological polar surface area (TPSA) is 32.3 Å². The van der Waals surface area contributed by atoms with Crippen LogP contribution in [-0.2, 0) is 4.79 Å². The van der Waals surface area contributed by atoms with Crippen molar-refractivity contribution in [3.63, 3.8) is 0 Å². The quantitative estimate of drug-likeness (QED) is 0.870. The molecule has 1 N–H and O–H groups in total. The number of hydrogen-bond donors (Lipinski definition) is 1. The summed E-state index contributed by atoms with van der Waals surface area (Å²) in [5.41, 5.74) is 2.11. The third-order valence-electron chi connectivity index (χ3n) is 3.67. The normalized spacial score (nSPS) is 20.8. The fraction of sp³-hybridized carbons (Fsp3) is 0.500. The standard InChI is InChI=1S/C14H17BrN2O/c15-14(6-7-14)13(18)16-11-4-3-5-12(10-11)17-8-1-2-9-17/h3-5,10H,1-2,6-9H2,(H,16,18). The van der Waals surface area contributed by atoms with Gasteiger partial charge in [-0.1, -0.05) is 22.0 Å². The van der Waals surface area contributed by atoms with Crippen LogP contribution >= 0.6 is 15.9 Å². The van der Waals surface area contributed by atoms with Crippen LogP contribution in [-0.4, -0.2) is 23.3 Å². The molecule has 0 atom stereocenters. The van der Waals surface area contributed by atoms with Crippen molar-refractivity contribution < 1.29 is 4.79 Å². The molecule has 1 aliphatic heterocycles. The first-order valence-electron chi connectivity index (χ1n) is 6.53. The predicted octanol–water partition coefficient (Wildman–Crippen LogP) is 3.15. The third kappa shape index (κ3) is 2.39. The number of carbonyl (C=O) groups is 1. The van der Waals surface area contributed by atoms with Crippen molar-refractivity contribution in [2.24, 2.45) is 0 Å². The molecular formula is C14H17BrN2O. The highest BCUT2D eigenvalue weighted by atomic mass is 79.9. The molecule has 4 heteroatoms. The summed E-state index contributed by atoms with van der Waals surface area (Å²) in [7, 11) is 0. The number of nitrogens with one attached hydrogen (secondary N) is 1. The molecule has 18 heavy (non-hydrogen) atoms. The van der Waals surface area contributed by atoms with E-state index >= 15 is 0 Å². The first kappa shape index (κ1) is 12.0. The second-order valence-corrected chi connectivity index (χ2v) is 6.68. The van der Waals surface area contributed by atoms with E-state index in [2.05, 4.69) is 38.3 Å². The maximum absolute atomic E-state index is 12.0. The number of amides is 1. The van der Waals surface area contributed by atoms with Crippen molar-refractivity contribution in [3.8, 4) is 0 Å². The molecule has 3 nitrogen and oxygen atoms in total. The van der Waals surface area contributed by atoms with E-state index in [0.29, 0.717) is 0 Å². The van der Waals surface area contributed by atoms with E-state index in [4.69, 9.17) is 0 Å². The summed E-state index contributed by atoms with van der Waals surface area (Å²) in [6.07, 6.45) is 4.40. The molecule has 96 valence electrons. The Morgan fingerprint density at radius 2 is 2.00 bits per heavy atom. The summed E-state index contributed by atoms with van der Waals surface area (Å²) in [4.78, 5) is 14.3. The van der Waals surface area contributed by atoms with Crippen molar-refractivity contribution in [3.05, 3.63) is 24.3 Å². The van der Waals surface area contributed by atoms with Gasteiger partial charge in [0.05, 0.1) is 0 Å². The Morgan fingerprint density at radius 3 is 2.67 bits per heavy atom. The number of rotatable bonds is 3. The van der Waals surface area contributed by atoms with Crippen LogP contribution in [0.3, 0.4) is 0 Å². The molecule has 1 saturated heterocycles. The van der Waals surface area contributed by atoms with Gasteiger partial charge < -0.3 is 10.2 Å². The van der Waals surface area contributed by atoms with Crippen LogP contribution in [0, 0.1) is 0 Å². The van der Waals surface area contributed by atoms with Gasteiger partial charge in [-0.2, -0.15) is 0 Å².